The maximum atomic E-state index is 13.1. The third kappa shape index (κ3) is 4.21. The van der Waals surface area contributed by atoms with Crippen LogP contribution >= 0.6 is 11.6 Å². The van der Waals surface area contributed by atoms with Crippen LogP contribution < -0.4 is 9.64 Å². The van der Waals surface area contributed by atoms with Crippen LogP contribution in [0.25, 0.3) is 0 Å². The van der Waals surface area contributed by atoms with E-state index in [0.717, 1.165) is 5.82 Å². The van der Waals surface area contributed by atoms with Gasteiger partial charge in [0.2, 0.25) is 0 Å². The minimum Gasteiger partial charge on any atom is -0.484 e. The van der Waals surface area contributed by atoms with Gasteiger partial charge < -0.3 is 14.5 Å². The lowest BCUT2D eigenvalue weighted by Gasteiger charge is -2.35. The molecule has 0 aliphatic carbocycles. The van der Waals surface area contributed by atoms with Crippen LogP contribution in [0.3, 0.4) is 0 Å². The molecule has 1 aliphatic heterocycles. The van der Waals surface area contributed by atoms with E-state index in [9.17, 15) is 9.18 Å². The molecule has 1 aromatic heterocycles. The number of hydrogen-bond acceptors (Lipinski definition) is 5. The Hall–Kier alpha value is -2.85. The third-order valence-corrected chi connectivity index (χ3v) is 4.37. The second-order valence-electron chi connectivity index (χ2n) is 5.75. The lowest BCUT2D eigenvalue weighted by atomic mass is 10.2. The SMILES string of the molecule is N#Cc1ccnc(N2CCN(C(=O)COc3ccc(F)c(Cl)c3)CC2)c1. The molecule has 0 unspecified atom stereocenters. The molecule has 1 fully saturated rings. The summed E-state index contributed by atoms with van der Waals surface area (Å²) in [5.74, 6) is 0.397. The quantitative estimate of drug-likeness (QED) is 0.822. The molecule has 1 aromatic carbocycles. The van der Waals surface area contributed by atoms with Crippen molar-refractivity contribution in [3.63, 3.8) is 0 Å². The standard InChI is InChI=1S/C18H16ClFN4O2/c19-15-10-14(1-2-16(15)20)26-12-18(25)24-7-5-23(6-8-24)17-9-13(11-21)3-4-22-17/h1-4,9-10H,5-8,12H2. The zero-order valence-electron chi connectivity index (χ0n) is 13.9. The van der Waals surface area contributed by atoms with Crippen molar-refractivity contribution in [1.29, 1.82) is 5.26 Å². The van der Waals surface area contributed by atoms with Crippen molar-refractivity contribution in [2.75, 3.05) is 37.7 Å². The third-order valence-electron chi connectivity index (χ3n) is 4.08. The summed E-state index contributed by atoms with van der Waals surface area (Å²) in [7, 11) is 0. The Morgan fingerprint density at radius 3 is 2.73 bits per heavy atom. The fourth-order valence-corrected chi connectivity index (χ4v) is 2.82. The number of carbonyl (C=O) groups excluding carboxylic acids is 1. The Morgan fingerprint density at radius 1 is 1.27 bits per heavy atom. The summed E-state index contributed by atoms with van der Waals surface area (Å²) in [4.78, 5) is 20.3. The Morgan fingerprint density at radius 2 is 2.04 bits per heavy atom. The van der Waals surface area contributed by atoms with Gasteiger partial charge >= 0.3 is 0 Å². The summed E-state index contributed by atoms with van der Waals surface area (Å²) in [5.41, 5.74) is 0.555. The topological polar surface area (TPSA) is 69.5 Å². The molecule has 0 radical (unpaired) electrons. The Bertz CT molecular complexity index is 847. The molecular formula is C18H16ClFN4O2. The fraction of sp³-hybridized carbons (Fsp3) is 0.278. The van der Waals surface area contributed by atoms with Gasteiger partial charge in [0, 0.05) is 38.4 Å². The van der Waals surface area contributed by atoms with E-state index in [1.165, 1.54) is 18.2 Å². The van der Waals surface area contributed by atoms with Crippen LogP contribution in [-0.4, -0.2) is 48.6 Å². The van der Waals surface area contributed by atoms with Gasteiger partial charge in [-0.15, -0.1) is 0 Å². The van der Waals surface area contributed by atoms with Crippen molar-refractivity contribution in [1.82, 2.24) is 9.88 Å². The molecule has 0 saturated carbocycles. The number of piperazine rings is 1. The summed E-state index contributed by atoms with van der Waals surface area (Å²) in [5, 5.41) is 8.92. The molecule has 1 aliphatic rings. The van der Waals surface area contributed by atoms with E-state index in [-0.39, 0.29) is 17.5 Å². The van der Waals surface area contributed by atoms with Crippen LogP contribution in [0.15, 0.2) is 36.5 Å². The number of ether oxygens (including phenoxy) is 1. The van der Waals surface area contributed by atoms with Crippen molar-refractivity contribution < 1.29 is 13.9 Å². The predicted octanol–water partition coefficient (Wildman–Crippen LogP) is 2.47. The first-order valence-corrected chi connectivity index (χ1v) is 8.41. The number of rotatable bonds is 4. The van der Waals surface area contributed by atoms with Gasteiger partial charge in [-0.2, -0.15) is 5.26 Å². The van der Waals surface area contributed by atoms with Crippen LogP contribution in [0.5, 0.6) is 5.75 Å². The number of carbonyl (C=O) groups is 1. The molecule has 3 rings (SSSR count). The van der Waals surface area contributed by atoms with Gasteiger partial charge in [-0.25, -0.2) is 9.37 Å². The molecule has 8 heteroatoms. The molecule has 0 spiro atoms. The van der Waals surface area contributed by atoms with E-state index < -0.39 is 5.82 Å². The van der Waals surface area contributed by atoms with Crippen molar-refractivity contribution in [2.24, 2.45) is 0 Å². The molecular weight excluding hydrogens is 359 g/mol. The highest BCUT2D eigenvalue weighted by Crippen LogP contribution is 2.21. The smallest absolute Gasteiger partial charge is 0.260 e. The largest absolute Gasteiger partial charge is 0.484 e. The zero-order valence-corrected chi connectivity index (χ0v) is 14.6. The number of anilines is 1. The Balaban J connectivity index is 1.51. The number of halogens is 2. The van der Waals surface area contributed by atoms with Gasteiger partial charge in [-0.05, 0) is 24.3 Å². The first-order valence-electron chi connectivity index (χ1n) is 8.03. The van der Waals surface area contributed by atoms with Crippen LogP contribution in [0.2, 0.25) is 5.02 Å². The molecule has 0 bridgehead atoms. The summed E-state index contributed by atoms with van der Waals surface area (Å²) in [6, 6.07) is 9.45. The molecule has 2 heterocycles. The molecule has 2 aromatic rings. The molecule has 0 N–H and O–H groups in total. The van der Waals surface area contributed by atoms with E-state index in [1.54, 1.807) is 23.2 Å². The van der Waals surface area contributed by atoms with Gasteiger partial charge in [0.05, 0.1) is 16.7 Å². The van der Waals surface area contributed by atoms with Gasteiger partial charge in [0.1, 0.15) is 17.4 Å². The second-order valence-corrected chi connectivity index (χ2v) is 6.15. The Kier molecular flexibility index (Phi) is 5.54. The summed E-state index contributed by atoms with van der Waals surface area (Å²) in [6.07, 6.45) is 1.60. The molecule has 6 nitrogen and oxygen atoms in total. The zero-order chi connectivity index (χ0) is 18.5. The van der Waals surface area contributed by atoms with Crippen LogP contribution in [0, 0.1) is 17.1 Å². The number of nitrogens with zero attached hydrogens (tertiary/aromatic N) is 4. The second kappa shape index (κ2) is 8.02. The van der Waals surface area contributed by atoms with Gasteiger partial charge in [-0.1, -0.05) is 11.6 Å². The minimum atomic E-state index is -0.532. The molecule has 134 valence electrons. The van der Waals surface area contributed by atoms with Crippen molar-refractivity contribution in [3.8, 4) is 11.8 Å². The van der Waals surface area contributed by atoms with E-state index in [1.807, 2.05) is 4.90 Å². The van der Waals surface area contributed by atoms with Crippen molar-refractivity contribution in [3.05, 3.63) is 52.9 Å². The average Bonchev–Trinajstić information content (AvgIpc) is 2.69. The van der Waals surface area contributed by atoms with E-state index in [4.69, 9.17) is 21.6 Å². The molecule has 0 atom stereocenters. The van der Waals surface area contributed by atoms with E-state index >= 15 is 0 Å². The highest BCUT2D eigenvalue weighted by molar-refractivity contribution is 6.30. The predicted molar refractivity (Wildman–Crippen MR) is 94.7 cm³/mol. The highest BCUT2D eigenvalue weighted by Gasteiger charge is 2.22. The van der Waals surface area contributed by atoms with E-state index in [0.29, 0.717) is 37.5 Å². The first-order chi connectivity index (χ1) is 12.6. The maximum absolute atomic E-state index is 13.1. The molecule has 1 saturated heterocycles. The van der Waals surface area contributed by atoms with Crippen LogP contribution in [0.1, 0.15) is 5.56 Å². The lowest BCUT2D eigenvalue weighted by Crippen LogP contribution is -2.50. The number of amides is 1. The van der Waals surface area contributed by atoms with Crippen molar-refractivity contribution in [2.45, 2.75) is 0 Å². The summed E-state index contributed by atoms with van der Waals surface area (Å²) in [6.45, 7) is 2.17. The number of hydrogen-bond donors (Lipinski definition) is 0. The number of nitriles is 1. The van der Waals surface area contributed by atoms with Gasteiger partial charge in [0.25, 0.3) is 5.91 Å². The van der Waals surface area contributed by atoms with Crippen LogP contribution in [0.4, 0.5) is 10.2 Å². The van der Waals surface area contributed by atoms with Crippen LogP contribution in [-0.2, 0) is 4.79 Å². The van der Waals surface area contributed by atoms with Crippen molar-refractivity contribution >= 4 is 23.3 Å². The maximum Gasteiger partial charge on any atom is 0.260 e. The first kappa shape index (κ1) is 18.0. The monoisotopic (exact) mass is 374 g/mol. The van der Waals surface area contributed by atoms with Gasteiger partial charge in [0.15, 0.2) is 6.61 Å². The highest BCUT2D eigenvalue weighted by atomic mass is 35.5. The molecule has 26 heavy (non-hydrogen) atoms. The Labute approximate surface area is 155 Å². The number of aromatic nitrogens is 1. The number of pyridine rings is 1. The van der Waals surface area contributed by atoms with Gasteiger partial charge in [-0.3, -0.25) is 4.79 Å². The van der Waals surface area contributed by atoms with E-state index in [2.05, 4.69) is 11.1 Å². The lowest BCUT2D eigenvalue weighted by molar-refractivity contribution is -0.133. The molecule has 1 amide bonds. The summed E-state index contributed by atoms with van der Waals surface area (Å²) >= 11 is 5.69. The average molecular weight is 375 g/mol. The minimum absolute atomic E-state index is 0.0457. The normalized spacial score (nSPS) is 14.0. The fourth-order valence-electron chi connectivity index (χ4n) is 2.65. The number of benzene rings is 1. The summed E-state index contributed by atoms with van der Waals surface area (Å²) < 4.78 is 18.5.